The first kappa shape index (κ1) is 22.8. The van der Waals surface area contributed by atoms with Crippen LogP contribution in [0, 0.1) is 0 Å². The molecule has 174 valence electrons. The van der Waals surface area contributed by atoms with Gasteiger partial charge in [0.25, 0.3) is 5.56 Å². The van der Waals surface area contributed by atoms with Crippen molar-refractivity contribution in [3.63, 3.8) is 0 Å². The second-order valence-electron chi connectivity index (χ2n) is 8.30. The fourth-order valence-corrected chi connectivity index (χ4v) is 6.61. The number of thioether (sulfide) groups is 1. The van der Waals surface area contributed by atoms with Crippen molar-refractivity contribution in [3.8, 4) is 0 Å². The van der Waals surface area contributed by atoms with Gasteiger partial charge in [0, 0.05) is 35.9 Å². The number of hydrogen-bond acceptors (Lipinski definition) is 6. The van der Waals surface area contributed by atoms with Gasteiger partial charge in [0.15, 0.2) is 5.16 Å². The molecule has 3 heterocycles. The van der Waals surface area contributed by atoms with E-state index in [4.69, 9.17) is 4.98 Å². The second kappa shape index (κ2) is 9.74. The van der Waals surface area contributed by atoms with Crippen LogP contribution in [0.15, 0.2) is 70.6 Å². The lowest BCUT2D eigenvalue weighted by molar-refractivity contribution is -0.115. The number of amides is 1. The average molecular weight is 491 g/mol. The molecule has 0 saturated heterocycles. The molecular weight excluding hydrogens is 464 g/mol. The Hall–Kier alpha value is -2.94. The van der Waals surface area contributed by atoms with E-state index in [0.29, 0.717) is 11.7 Å². The van der Waals surface area contributed by atoms with Crippen LogP contribution >= 0.6 is 23.1 Å². The zero-order valence-electron chi connectivity index (χ0n) is 19.2. The van der Waals surface area contributed by atoms with Crippen molar-refractivity contribution in [2.45, 2.75) is 31.6 Å². The summed E-state index contributed by atoms with van der Waals surface area (Å²) in [6.07, 6.45) is 0.876. The first-order valence-electron chi connectivity index (χ1n) is 11.4. The van der Waals surface area contributed by atoms with Crippen LogP contribution in [-0.2, 0) is 24.3 Å². The molecule has 0 bridgehead atoms. The smallest absolute Gasteiger partial charge is 0.263 e. The van der Waals surface area contributed by atoms with Gasteiger partial charge in [-0.1, -0.05) is 48.2 Å². The Balaban J connectivity index is 1.47. The highest BCUT2D eigenvalue weighted by Crippen LogP contribution is 2.34. The van der Waals surface area contributed by atoms with E-state index in [1.165, 1.54) is 16.6 Å². The number of fused-ring (bicyclic) bond motifs is 3. The zero-order valence-corrected chi connectivity index (χ0v) is 20.9. The van der Waals surface area contributed by atoms with Crippen molar-refractivity contribution in [2.24, 2.45) is 0 Å². The maximum Gasteiger partial charge on any atom is 0.263 e. The van der Waals surface area contributed by atoms with E-state index in [2.05, 4.69) is 11.9 Å². The van der Waals surface area contributed by atoms with Crippen molar-refractivity contribution in [3.05, 3.63) is 81.5 Å². The summed E-state index contributed by atoms with van der Waals surface area (Å²) in [5.41, 5.74) is 2.79. The number of aromatic nitrogens is 2. The lowest BCUT2D eigenvalue weighted by Crippen LogP contribution is -2.29. The van der Waals surface area contributed by atoms with Gasteiger partial charge in [0.05, 0.1) is 11.1 Å². The van der Waals surface area contributed by atoms with Crippen LogP contribution in [0.2, 0.25) is 0 Å². The minimum Gasteiger partial charge on any atom is -0.301 e. The van der Waals surface area contributed by atoms with Crippen LogP contribution in [0.1, 0.15) is 17.4 Å². The summed E-state index contributed by atoms with van der Waals surface area (Å²) in [4.78, 5) is 37.7. The average Bonchev–Trinajstić information content (AvgIpc) is 3.22. The third kappa shape index (κ3) is 4.29. The normalized spacial score (nSPS) is 13.7. The number of benzene rings is 2. The Morgan fingerprint density at radius 1 is 1.09 bits per heavy atom. The van der Waals surface area contributed by atoms with Gasteiger partial charge < -0.3 is 4.90 Å². The predicted octanol–water partition coefficient (Wildman–Crippen LogP) is 4.92. The van der Waals surface area contributed by atoms with Crippen LogP contribution in [0.3, 0.4) is 0 Å². The molecule has 5 rings (SSSR count). The number of thiophene rings is 1. The molecule has 2 aromatic carbocycles. The zero-order chi connectivity index (χ0) is 23.7. The molecule has 0 radical (unpaired) electrons. The minimum atomic E-state index is -0.0634. The highest BCUT2D eigenvalue weighted by atomic mass is 32.2. The molecule has 1 aliphatic heterocycles. The summed E-state index contributed by atoms with van der Waals surface area (Å²) in [7, 11) is 2.10. The molecular formula is C26H26N4O2S2. The van der Waals surface area contributed by atoms with Crippen LogP contribution < -0.4 is 10.5 Å². The quantitative estimate of drug-likeness (QED) is 0.284. The number of rotatable bonds is 6. The summed E-state index contributed by atoms with van der Waals surface area (Å²) < 4.78 is 1.71. The Kier molecular flexibility index (Phi) is 6.54. The summed E-state index contributed by atoms with van der Waals surface area (Å²) in [6, 6.07) is 19.3. The lowest BCUT2D eigenvalue weighted by atomic mass is 10.1. The second-order valence-corrected chi connectivity index (χ2v) is 10.3. The molecule has 0 saturated carbocycles. The van der Waals surface area contributed by atoms with E-state index in [-0.39, 0.29) is 17.2 Å². The van der Waals surface area contributed by atoms with Gasteiger partial charge in [-0.3, -0.25) is 19.1 Å². The maximum absolute atomic E-state index is 13.4. The minimum absolute atomic E-state index is 0.00692. The third-order valence-electron chi connectivity index (χ3n) is 6.04. The number of nitrogens with zero attached hydrogens (tertiary/aromatic N) is 4. The van der Waals surface area contributed by atoms with E-state index in [1.54, 1.807) is 20.8 Å². The number of carbonyl (C=O) groups is 1. The lowest BCUT2D eigenvalue weighted by Gasteiger charge is -2.23. The summed E-state index contributed by atoms with van der Waals surface area (Å²) in [6.45, 7) is 4.27. The standard InChI is InChI=1S/C26H26N4O2S2/c1-3-29-25(32)23-20-14-15-28(2)16-21(20)34-24(23)27-26(29)33-17-22(31)30(18-10-6-4-7-11-18)19-12-8-5-9-13-19/h4-13H,3,14-17H2,1-2H3. The van der Waals surface area contributed by atoms with Crippen LogP contribution in [0.25, 0.3) is 10.2 Å². The largest absolute Gasteiger partial charge is 0.301 e. The third-order valence-corrected chi connectivity index (χ3v) is 8.11. The first-order valence-corrected chi connectivity index (χ1v) is 13.2. The Morgan fingerprint density at radius 2 is 1.74 bits per heavy atom. The van der Waals surface area contributed by atoms with Gasteiger partial charge >= 0.3 is 0 Å². The maximum atomic E-state index is 13.4. The van der Waals surface area contributed by atoms with Crippen LogP contribution in [-0.4, -0.2) is 39.7 Å². The SMILES string of the molecule is CCn1c(SCC(=O)N(c2ccccc2)c2ccccc2)nc2sc3c(c2c1=O)CCN(C)C3. The fraction of sp³-hybridized carbons (Fsp3) is 0.269. The molecule has 1 aliphatic rings. The molecule has 0 N–H and O–H groups in total. The van der Waals surface area contributed by atoms with Gasteiger partial charge in [-0.2, -0.15) is 0 Å². The monoisotopic (exact) mass is 490 g/mol. The van der Waals surface area contributed by atoms with E-state index >= 15 is 0 Å². The number of hydrogen-bond donors (Lipinski definition) is 0. The number of likely N-dealkylation sites (N-methyl/N-ethyl adjacent to an activating group) is 1. The van der Waals surface area contributed by atoms with Crippen molar-refractivity contribution in [1.29, 1.82) is 0 Å². The molecule has 0 atom stereocenters. The van der Waals surface area contributed by atoms with Crippen molar-refractivity contribution >= 4 is 50.6 Å². The van der Waals surface area contributed by atoms with Crippen LogP contribution in [0.5, 0.6) is 0 Å². The van der Waals surface area contributed by atoms with Gasteiger partial charge in [-0.25, -0.2) is 4.98 Å². The highest BCUT2D eigenvalue weighted by Gasteiger charge is 2.25. The van der Waals surface area contributed by atoms with Crippen molar-refractivity contribution in [1.82, 2.24) is 14.5 Å². The molecule has 6 nitrogen and oxygen atoms in total. The summed E-state index contributed by atoms with van der Waals surface area (Å²) in [5.74, 6) is 0.113. The van der Waals surface area contributed by atoms with Gasteiger partial charge in [0.1, 0.15) is 4.83 Å². The van der Waals surface area contributed by atoms with Crippen molar-refractivity contribution in [2.75, 3.05) is 24.2 Å². The van der Waals surface area contributed by atoms with Gasteiger partial charge in [-0.05, 0) is 50.2 Å². The van der Waals surface area contributed by atoms with Gasteiger partial charge in [-0.15, -0.1) is 11.3 Å². The molecule has 1 amide bonds. The predicted molar refractivity (Wildman–Crippen MR) is 140 cm³/mol. The van der Waals surface area contributed by atoms with E-state index < -0.39 is 0 Å². The molecule has 0 aliphatic carbocycles. The highest BCUT2D eigenvalue weighted by molar-refractivity contribution is 7.99. The first-order chi connectivity index (χ1) is 16.6. The summed E-state index contributed by atoms with van der Waals surface area (Å²) in [5, 5.41) is 1.36. The number of para-hydroxylation sites is 2. The molecule has 4 aromatic rings. The molecule has 2 aromatic heterocycles. The Bertz CT molecular complexity index is 1340. The molecule has 0 spiro atoms. The van der Waals surface area contributed by atoms with E-state index in [1.807, 2.05) is 67.6 Å². The van der Waals surface area contributed by atoms with E-state index in [0.717, 1.165) is 46.7 Å². The fourth-order valence-electron chi connectivity index (χ4n) is 4.36. The number of anilines is 2. The number of carbonyl (C=O) groups excluding carboxylic acids is 1. The van der Waals surface area contributed by atoms with Crippen molar-refractivity contribution < 1.29 is 4.79 Å². The van der Waals surface area contributed by atoms with Gasteiger partial charge in [0.2, 0.25) is 5.91 Å². The molecule has 0 fully saturated rings. The molecule has 8 heteroatoms. The molecule has 34 heavy (non-hydrogen) atoms. The Morgan fingerprint density at radius 3 is 2.35 bits per heavy atom. The summed E-state index contributed by atoms with van der Waals surface area (Å²) >= 11 is 2.94. The topological polar surface area (TPSA) is 58.4 Å². The molecule has 0 unspecified atom stereocenters. The Labute approximate surface area is 206 Å². The van der Waals surface area contributed by atoms with E-state index in [9.17, 15) is 9.59 Å². The van der Waals surface area contributed by atoms with Crippen LogP contribution in [0.4, 0.5) is 11.4 Å².